The van der Waals surface area contributed by atoms with Gasteiger partial charge in [-0.3, -0.25) is 4.98 Å². The Morgan fingerprint density at radius 3 is 2.80 bits per heavy atom. The summed E-state index contributed by atoms with van der Waals surface area (Å²) in [6.07, 6.45) is 6.17. The summed E-state index contributed by atoms with van der Waals surface area (Å²) in [5.74, 6) is 1.97. The topological polar surface area (TPSA) is 76.1 Å². The highest BCUT2D eigenvalue weighted by Crippen LogP contribution is 2.20. The van der Waals surface area contributed by atoms with Gasteiger partial charge in [-0.05, 0) is 36.2 Å². The summed E-state index contributed by atoms with van der Waals surface area (Å²) in [6, 6.07) is 11.6. The fraction of sp³-hybridized carbons (Fsp3) is 0.222. The van der Waals surface area contributed by atoms with Crippen LogP contribution in [0.4, 0.5) is 17.5 Å². The van der Waals surface area contributed by atoms with Crippen molar-refractivity contribution < 1.29 is 4.74 Å². The lowest BCUT2D eigenvalue weighted by Crippen LogP contribution is -2.22. The Labute approximate surface area is 146 Å². The van der Waals surface area contributed by atoms with Crippen LogP contribution in [0, 0.1) is 0 Å². The van der Waals surface area contributed by atoms with E-state index in [1.165, 1.54) is 5.56 Å². The fourth-order valence-electron chi connectivity index (χ4n) is 2.32. The molecule has 1 aromatic carbocycles. The Kier molecular flexibility index (Phi) is 5.36. The predicted octanol–water partition coefficient (Wildman–Crippen LogP) is 2.70. The van der Waals surface area contributed by atoms with Gasteiger partial charge < -0.3 is 15.0 Å². The van der Waals surface area contributed by atoms with Gasteiger partial charge in [0, 0.05) is 37.7 Å². The Balaban J connectivity index is 1.66. The Hall–Kier alpha value is -3.22. The van der Waals surface area contributed by atoms with E-state index >= 15 is 0 Å². The zero-order valence-electron chi connectivity index (χ0n) is 14.3. The maximum absolute atomic E-state index is 5.22. The summed E-state index contributed by atoms with van der Waals surface area (Å²) >= 11 is 0. The summed E-state index contributed by atoms with van der Waals surface area (Å²) in [5, 5.41) is 11.2. The molecule has 0 aliphatic carbocycles. The van der Waals surface area contributed by atoms with Crippen molar-refractivity contribution in [1.82, 2.24) is 20.2 Å². The second kappa shape index (κ2) is 8.05. The van der Waals surface area contributed by atoms with Gasteiger partial charge in [0.05, 0.1) is 13.3 Å². The second-order valence-electron chi connectivity index (χ2n) is 5.52. The smallest absolute Gasteiger partial charge is 0.249 e. The van der Waals surface area contributed by atoms with Gasteiger partial charge in [-0.15, -0.1) is 5.10 Å². The van der Waals surface area contributed by atoms with Crippen molar-refractivity contribution in [2.75, 3.05) is 30.9 Å². The molecule has 0 radical (unpaired) electrons. The number of anilines is 3. The minimum absolute atomic E-state index is 0.446. The quantitative estimate of drug-likeness (QED) is 0.711. The molecule has 0 saturated carbocycles. The normalized spacial score (nSPS) is 10.3. The molecule has 0 aliphatic heterocycles. The molecule has 0 spiro atoms. The lowest BCUT2D eigenvalue weighted by atomic mass is 10.2. The van der Waals surface area contributed by atoms with Crippen LogP contribution in [-0.4, -0.2) is 40.9 Å². The van der Waals surface area contributed by atoms with Crippen molar-refractivity contribution in [2.24, 2.45) is 0 Å². The van der Waals surface area contributed by atoms with Gasteiger partial charge in [0.1, 0.15) is 5.75 Å². The number of nitrogens with one attached hydrogen (secondary N) is 1. The van der Waals surface area contributed by atoms with Crippen LogP contribution in [0.1, 0.15) is 5.56 Å². The van der Waals surface area contributed by atoms with Crippen LogP contribution in [0.2, 0.25) is 0 Å². The lowest BCUT2D eigenvalue weighted by molar-refractivity contribution is 0.415. The van der Waals surface area contributed by atoms with Crippen molar-refractivity contribution in [3.05, 3.63) is 60.6 Å². The molecule has 3 aromatic rings. The van der Waals surface area contributed by atoms with Crippen molar-refractivity contribution in [3.63, 3.8) is 0 Å². The van der Waals surface area contributed by atoms with Crippen LogP contribution < -0.4 is 15.0 Å². The third-order valence-corrected chi connectivity index (χ3v) is 3.75. The average molecular weight is 336 g/mol. The van der Waals surface area contributed by atoms with Crippen LogP contribution in [0.15, 0.2) is 55.0 Å². The molecule has 3 rings (SSSR count). The first-order valence-electron chi connectivity index (χ1n) is 7.95. The number of hydrogen-bond acceptors (Lipinski definition) is 7. The van der Waals surface area contributed by atoms with Gasteiger partial charge in [-0.25, -0.2) is 0 Å². The first kappa shape index (κ1) is 16.6. The van der Waals surface area contributed by atoms with Crippen LogP contribution in [0.5, 0.6) is 5.75 Å². The molecule has 0 atom stereocenters. The third-order valence-electron chi connectivity index (χ3n) is 3.75. The molecule has 0 fully saturated rings. The van der Waals surface area contributed by atoms with E-state index in [9.17, 15) is 0 Å². The summed E-state index contributed by atoms with van der Waals surface area (Å²) in [6.45, 7) is 0.821. The van der Waals surface area contributed by atoms with Crippen LogP contribution in [0.3, 0.4) is 0 Å². The van der Waals surface area contributed by atoms with Gasteiger partial charge in [0.15, 0.2) is 5.82 Å². The number of rotatable bonds is 7. The lowest BCUT2D eigenvalue weighted by Gasteiger charge is -2.18. The molecule has 1 N–H and O–H groups in total. The third kappa shape index (κ3) is 4.63. The first-order chi connectivity index (χ1) is 12.2. The largest absolute Gasteiger partial charge is 0.497 e. The Morgan fingerprint density at radius 1 is 1.16 bits per heavy atom. The first-order valence-corrected chi connectivity index (χ1v) is 7.95. The summed E-state index contributed by atoms with van der Waals surface area (Å²) < 4.78 is 5.22. The summed E-state index contributed by atoms with van der Waals surface area (Å²) in [7, 11) is 3.62. The molecule has 0 saturated heterocycles. The maximum Gasteiger partial charge on any atom is 0.249 e. The Bertz CT molecular complexity index is 811. The van der Waals surface area contributed by atoms with Gasteiger partial charge in [-0.1, -0.05) is 6.07 Å². The molecule has 128 valence electrons. The van der Waals surface area contributed by atoms with Crippen molar-refractivity contribution in [2.45, 2.75) is 6.42 Å². The molecule has 0 bridgehead atoms. The number of hydrogen-bond donors (Lipinski definition) is 1. The Morgan fingerprint density at radius 2 is 2.00 bits per heavy atom. The van der Waals surface area contributed by atoms with Crippen LogP contribution in [-0.2, 0) is 6.42 Å². The van der Waals surface area contributed by atoms with Crippen molar-refractivity contribution in [1.29, 1.82) is 0 Å². The highest BCUT2D eigenvalue weighted by Gasteiger charge is 2.07. The number of nitrogens with zero attached hydrogens (tertiary/aromatic N) is 5. The van der Waals surface area contributed by atoms with E-state index in [4.69, 9.17) is 4.74 Å². The molecular formula is C18H20N6O. The molecule has 2 heterocycles. The molecule has 0 amide bonds. The van der Waals surface area contributed by atoms with Crippen LogP contribution in [0.25, 0.3) is 0 Å². The average Bonchev–Trinajstić information content (AvgIpc) is 2.67. The van der Waals surface area contributed by atoms with E-state index in [2.05, 4.69) is 25.5 Å². The summed E-state index contributed by atoms with van der Waals surface area (Å²) in [5.41, 5.74) is 2.08. The molecule has 2 aromatic heterocycles. The van der Waals surface area contributed by atoms with E-state index < -0.39 is 0 Å². The number of likely N-dealkylation sites (N-methyl/N-ethyl adjacent to an activating group) is 1. The van der Waals surface area contributed by atoms with E-state index in [0.717, 1.165) is 30.2 Å². The number of methoxy groups -OCH3 is 1. The number of benzene rings is 1. The maximum atomic E-state index is 5.22. The molecular weight excluding hydrogens is 316 g/mol. The zero-order chi connectivity index (χ0) is 17.5. The SMILES string of the molecule is COc1cccc(Nc2nncc(N(C)CCc3ccncc3)n2)c1. The van der Waals surface area contributed by atoms with E-state index in [-0.39, 0.29) is 0 Å². The molecule has 7 nitrogen and oxygen atoms in total. The highest BCUT2D eigenvalue weighted by molar-refractivity contribution is 5.56. The second-order valence-corrected chi connectivity index (χ2v) is 5.52. The number of aromatic nitrogens is 4. The van der Waals surface area contributed by atoms with E-state index in [1.807, 2.05) is 48.3 Å². The van der Waals surface area contributed by atoms with E-state index in [1.54, 1.807) is 25.7 Å². The van der Waals surface area contributed by atoms with Gasteiger partial charge in [0.25, 0.3) is 0 Å². The predicted molar refractivity (Wildman–Crippen MR) is 97.3 cm³/mol. The van der Waals surface area contributed by atoms with Crippen LogP contribution >= 0.6 is 0 Å². The van der Waals surface area contributed by atoms with Gasteiger partial charge >= 0.3 is 0 Å². The number of pyridine rings is 1. The van der Waals surface area contributed by atoms with Gasteiger partial charge in [-0.2, -0.15) is 10.1 Å². The fourth-order valence-corrected chi connectivity index (χ4v) is 2.32. The monoisotopic (exact) mass is 336 g/mol. The minimum atomic E-state index is 0.446. The zero-order valence-corrected chi connectivity index (χ0v) is 14.3. The van der Waals surface area contributed by atoms with Crippen molar-refractivity contribution >= 4 is 17.5 Å². The van der Waals surface area contributed by atoms with Crippen molar-refractivity contribution in [3.8, 4) is 5.75 Å². The molecule has 7 heteroatoms. The summed E-state index contributed by atoms with van der Waals surface area (Å²) in [4.78, 5) is 10.6. The molecule has 0 aliphatic rings. The van der Waals surface area contributed by atoms with E-state index in [0.29, 0.717) is 5.95 Å². The molecule has 25 heavy (non-hydrogen) atoms. The van der Waals surface area contributed by atoms with Gasteiger partial charge in [0.2, 0.25) is 5.95 Å². The number of ether oxygens (including phenoxy) is 1. The standard InChI is InChI=1S/C18H20N6O/c1-24(11-8-14-6-9-19-10-7-14)17-13-20-23-18(22-17)21-15-4-3-5-16(12-15)25-2/h3-7,9-10,12-13H,8,11H2,1-2H3,(H,21,22,23). The minimum Gasteiger partial charge on any atom is -0.497 e. The molecule has 0 unspecified atom stereocenters. The highest BCUT2D eigenvalue weighted by atomic mass is 16.5.